The van der Waals surface area contributed by atoms with E-state index < -0.39 is 14.0 Å². The molecule has 2 aromatic rings. The van der Waals surface area contributed by atoms with E-state index in [0.717, 1.165) is 23.9 Å². The Kier molecular flexibility index (Phi) is 6.93. The van der Waals surface area contributed by atoms with Crippen LogP contribution in [0.5, 0.6) is 0 Å². The molecule has 0 spiro atoms. The molecule has 2 rings (SSSR count). The molecule has 0 aliphatic rings. The van der Waals surface area contributed by atoms with Gasteiger partial charge in [0.25, 0.3) is 0 Å². The van der Waals surface area contributed by atoms with Crippen LogP contribution in [0.25, 0.3) is 0 Å². The molecule has 0 amide bonds. The zero-order valence-electron chi connectivity index (χ0n) is 15.0. The summed E-state index contributed by atoms with van der Waals surface area (Å²) in [4.78, 5) is 16.5. The van der Waals surface area contributed by atoms with Crippen LogP contribution in [0.15, 0.2) is 11.7 Å². The Hall–Kier alpha value is -1.95. The summed E-state index contributed by atoms with van der Waals surface area (Å²) in [6.45, 7) is 10.2. The summed E-state index contributed by atoms with van der Waals surface area (Å²) in [5.41, 5.74) is 3.45. The quantitative estimate of drug-likeness (QED) is 0.347. The maximum absolute atomic E-state index is 11.8. The van der Waals surface area contributed by atoms with E-state index in [4.69, 9.17) is 9.47 Å². The lowest BCUT2D eigenvalue weighted by molar-refractivity contribution is 0.0520. The van der Waals surface area contributed by atoms with Gasteiger partial charge in [-0.25, -0.2) is 9.78 Å². The van der Waals surface area contributed by atoms with Gasteiger partial charge in [0.05, 0.1) is 36.2 Å². The number of rotatable bonds is 7. The number of thiazole rings is 1. The molecule has 0 radical (unpaired) electrons. The lowest BCUT2D eigenvalue weighted by Gasteiger charge is -2.15. The first-order valence-electron chi connectivity index (χ1n) is 8.13. The van der Waals surface area contributed by atoms with Gasteiger partial charge in [-0.2, -0.15) is 5.10 Å². The van der Waals surface area contributed by atoms with Crippen molar-refractivity contribution in [1.82, 2.24) is 15.2 Å². The average molecular weight is 378 g/mol. The second-order valence-electron chi connectivity index (χ2n) is 6.63. The molecule has 1 N–H and O–H groups in total. The average Bonchev–Trinajstić information content (AvgIpc) is 3.17. The molecule has 0 atom stereocenters. The van der Waals surface area contributed by atoms with Crippen molar-refractivity contribution < 1.29 is 14.3 Å². The normalized spacial score (nSPS) is 11.0. The molecule has 0 aromatic carbocycles. The highest BCUT2D eigenvalue weighted by molar-refractivity contribution is 7.10. The summed E-state index contributed by atoms with van der Waals surface area (Å²) in [5.74, 6) is 5.58. The number of hydrogen-bond donors (Lipinski definition) is 1. The molecule has 6 nitrogen and oxygen atoms in total. The van der Waals surface area contributed by atoms with Crippen LogP contribution >= 0.6 is 11.3 Å². The summed E-state index contributed by atoms with van der Waals surface area (Å²) in [6.07, 6.45) is 1.66. The fourth-order valence-electron chi connectivity index (χ4n) is 1.89. The highest BCUT2D eigenvalue weighted by Gasteiger charge is 2.15. The highest BCUT2D eigenvalue weighted by atomic mass is 32.1. The minimum atomic E-state index is -1.10. The Morgan fingerprint density at radius 2 is 2.16 bits per heavy atom. The molecule has 134 valence electrons. The van der Waals surface area contributed by atoms with Crippen LogP contribution in [0, 0.1) is 11.8 Å². The fraction of sp³-hybridized carbons (Fsp3) is 0.471. The Morgan fingerprint density at radius 3 is 2.88 bits per heavy atom. The van der Waals surface area contributed by atoms with Gasteiger partial charge in [0, 0.05) is 14.7 Å². The lowest BCUT2D eigenvalue weighted by atomic mass is 10.2. The van der Waals surface area contributed by atoms with Crippen LogP contribution in [0.3, 0.4) is 0 Å². The topological polar surface area (TPSA) is 77.1 Å². The summed E-state index contributed by atoms with van der Waals surface area (Å²) < 4.78 is 10.7. The van der Waals surface area contributed by atoms with Gasteiger partial charge in [0.2, 0.25) is 0 Å². The molecular formula is C17H23N3O3SSi. The molecule has 2 aromatic heterocycles. The van der Waals surface area contributed by atoms with Crippen molar-refractivity contribution in [2.75, 3.05) is 13.2 Å². The third-order valence-corrected chi connectivity index (χ3v) is 5.75. The van der Waals surface area contributed by atoms with E-state index in [1.165, 1.54) is 11.3 Å². The third-order valence-electron chi connectivity index (χ3n) is 3.31. The highest BCUT2D eigenvalue weighted by Crippen LogP contribution is 2.14. The Labute approximate surface area is 153 Å². The number of nitrogens with one attached hydrogen (secondary N) is 1. The predicted molar refractivity (Wildman–Crippen MR) is 100 cm³/mol. The van der Waals surface area contributed by atoms with Crippen molar-refractivity contribution >= 4 is 25.4 Å². The fourth-order valence-corrected chi connectivity index (χ4v) is 3.26. The van der Waals surface area contributed by atoms with Gasteiger partial charge in [0.1, 0.15) is 4.88 Å². The van der Waals surface area contributed by atoms with Gasteiger partial charge in [-0.3, -0.25) is 5.10 Å². The van der Waals surface area contributed by atoms with Gasteiger partial charge in [-0.15, -0.1) is 11.3 Å². The number of aromatic amines is 1. The van der Waals surface area contributed by atoms with E-state index in [2.05, 4.69) is 46.7 Å². The second kappa shape index (κ2) is 8.94. The largest absolute Gasteiger partial charge is 0.461 e. The third kappa shape index (κ3) is 6.12. The van der Waals surface area contributed by atoms with E-state index >= 15 is 0 Å². The molecule has 0 saturated heterocycles. The predicted octanol–water partition coefficient (Wildman–Crippen LogP) is 3.30. The minimum absolute atomic E-state index is 0.260. The zero-order valence-corrected chi connectivity index (χ0v) is 16.8. The van der Waals surface area contributed by atoms with E-state index in [-0.39, 0.29) is 5.69 Å². The van der Waals surface area contributed by atoms with Gasteiger partial charge in [-0.05, 0) is 18.9 Å². The molecular weight excluding hydrogens is 354 g/mol. The molecule has 0 aliphatic carbocycles. The van der Waals surface area contributed by atoms with Gasteiger partial charge in [-0.1, -0.05) is 25.6 Å². The maximum atomic E-state index is 11.8. The van der Waals surface area contributed by atoms with E-state index in [1.54, 1.807) is 18.6 Å². The van der Waals surface area contributed by atoms with Crippen molar-refractivity contribution in [2.45, 2.75) is 39.2 Å². The number of hydrogen-bond acceptors (Lipinski definition) is 6. The van der Waals surface area contributed by atoms with Crippen molar-refractivity contribution in [3.8, 4) is 11.8 Å². The van der Waals surface area contributed by atoms with Crippen LogP contribution in [0.1, 0.15) is 33.5 Å². The molecule has 25 heavy (non-hydrogen) atoms. The molecule has 0 unspecified atom stereocenters. The molecule has 0 saturated carbocycles. The smallest absolute Gasteiger partial charge is 0.359 e. The van der Waals surface area contributed by atoms with Gasteiger partial charge < -0.3 is 9.47 Å². The zero-order chi connectivity index (χ0) is 18.3. The molecule has 2 heterocycles. The van der Waals surface area contributed by atoms with Crippen molar-refractivity contribution in [2.24, 2.45) is 0 Å². The monoisotopic (exact) mass is 377 g/mol. The number of esters is 1. The summed E-state index contributed by atoms with van der Waals surface area (Å²) >= 11 is 1.31. The summed E-state index contributed by atoms with van der Waals surface area (Å²) in [6, 6.07) is 1.12. The van der Waals surface area contributed by atoms with Crippen LogP contribution in [-0.4, -0.2) is 42.4 Å². The second-order valence-corrected chi connectivity index (χ2v) is 13.1. The SMILES string of the molecule is CCOC(=O)c1ncsc1C#Cc1cn[nH]c1COCC[Si](C)(C)C. The lowest BCUT2D eigenvalue weighted by Crippen LogP contribution is -2.21. The van der Waals surface area contributed by atoms with Crippen LogP contribution in [0.2, 0.25) is 25.7 Å². The molecule has 0 aliphatic heterocycles. The first-order valence-corrected chi connectivity index (χ1v) is 12.7. The van der Waals surface area contributed by atoms with Gasteiger partial charge in [0.15, 0.2) is 5.69 Å². The number of ether oxygens (including phenoxy) is 2. The number of aromatic nitrogens is 3. The summed E-state index contributed by atoms with van der Waals surface area (Å²) in [7, 11) is -1.10. The van der Waals surface area contributed by atoms with Crippen LogP contribution < -0.4 is 0 Å². The Bertz CT molecular complexity index is 768. The summed E-state index contributed by atoms with van der Waals surface area (Å²) in [5, 5.41) is 6.96. The van der Waals surface area contributed by atoms with E-state index in [0.29, 0.717) is 18.1 Å². The van der Waals surface area contributed by atoms with E-state index in [9.17, 15) is 4.79 Å². The first-order chi connectivity index (χ1) is 11.9. The Balaban J connectivity index is 2.02. The number of H-pyrrole nitrogens is 1. The van der Waals surface area contributed by atoms with Crippen molar-refractivity contribution in [3.05, 3.63) is 33.5 Å². The molecule has 0 fully saturated rings. The van der Waals surface area contributed by atoms with Gasteiger partial charge >= 0.3 is 5.97 Å². The number of carbonyl (C=O) groups excluding carboxylic acids is 1. The minimum Gasteiger partial charge on any atom is -0.461 e. The van der Waals surface area contributed by atoms with E-state index in [1.807, 2.05) is 0 Å². The van der Waals surface area contributed by atoms with Crippen molar-refractivity contribution in [3.63, 3.8) is 0 Å². The maximum Gasteiger partial charge on any atom is 0.359 e. The van der Waals surface area contributed by atoms with Crippen molar-refractivity contribution in [1.29, 1.82) is 0 Å². The molecule has 0 bridgehead atoms. The van der Waals surface area contributed by atoms with Crippen LogP contribution in [0.4, 0.5) is 0 Å². The Morgan fingerprint density at radius 1 is 1.36 bits per heavy atom. The number of nitrogens with zero attached hydrogens (tertiary/aromatic N) is 2. The standard InChI is InChI=1S/C17H23N3O3SSi/c1-5-23-17(21)16-15(24-12-18-16)7-6-13-10-19-20-14(13)11-22-8-9-25(2,3)4/h10,12H,5,8-9,11H2,1-4H3,(H,19,20). The van der Waals surface area contributed by atoms with Crippen LogP contribution in [-0.2, 0) is 16.1 Å². The molecule has 8 heteroatoms. The number of carbonyl (C=O) groups is 1. The first kappa shape index (κ1) is 19.4.